The van der Waals surface area contributed by atoms with E-state index in [9.17, 15) is 18.4 Å². The Morgan fingerprint density at radius 1 is 1.00 bits per heavy atom. The van der Waals surface area contributed by atoms with Gasteiger partial charge >= 0.3 is 0 Å². The van der Waals surface area contributed by atoms with Crippen LogP contribution in [0.2, 0.25) is 0 Å². The Bertz CT molecular complexity index is 760. The Morgan fingerprint density at radius 2 is 1.74 bits per heavy atom. The molecule has 0 spiro atoms. The van der Waals surface area contributed by atoms with Crippen molar-refractivity contribution in [1.82, 2.24) is 5.32 Å². The average Bonchev–Trinajstić information content (AvgIpc) is 2.50. The molecule has 0 aliphatic carbocycles. The number of carbonyl (C=O) groups excluding carboxylic acids is 2. The van der Waals surface area contributed by atoms with Gasteiger partial charge in [0.2, 0.25) is 5.91 Å². The van der Waals surface area contributed by atoms with E-state index in [1.54, 1.807) is 12.1 Å². The van der Waals surface area contributed by atoms with Crippen molar-refractivity contribution in [3.05, 3.63) is 64.7 Å². The SMILES string of the molecule is Cc1ccc(C(=O)NCC(=O)Nc2ccc(F)cc2F)cc1C. The molecule has 2 amide bonds. The maximum Gasteiger partial charge on any atom is 0.251 e. The first-order chi connectivity index (χ1) is 10.9. The smallest absolute Gasteiger partial charge is 0.251 e. The molecule has 0 heterocycles. The van der Waals surface area contributed by atoms with Gasteiger partial charge in [0.25, 0.3) is 5.91 Å². The molecule has 0 radical (unpaired) electrons. The van der Waals surface area contributed by atoms with Crippen LogP contribution in [0.3, 0.4) is 0 Å². The Morgan fingerprint density at radius 3 is 2.39 bits per heavy atom. The van der Waals surface area contributed by atoms with Crippen LogP contribution < -0.4 is 10.6 Å². The zero-order valence-electron chi connectivity index (χ0n) is 12.7. The third kappa shape index (κ3) is 4.35. The van der Waals surface area contributed by atoms with Crippen molar-refractivity contribution in [2.75, 3.05) is 11.9 Å². The fourth-order valence-corrected chi connectivity index (χ4v) is 1.93. The van der Waals surface area contributed by atoms with Crippen LogP contribution in [0.15, 0.2) is 36.4 Å². The number of halogens is 2. The number of aryl methyl sites for hydroxylation is 2. The van der Waals surface area contributed by atoms with E-state index >= 15 is 0 Å². The Balaban J connectivity index is 1.93. The molecule has 120 valence electrons. The monoisotopic (exact) mass is 318 g/mol. The van der Waals surface area contributed by atoms with Crippen LogP contribution in [0, 0.1) is 25.5 Å². The van der Waals surface area contributed by atoms with E-state index in [4.69, 9.17) is 0 Å². The standard InChI is InChI=1S/C17H16F2N2O2/c1-10-3-4-12(7-11(10)2)17(23)20-9-16(22)21-15-6-5-13(18)8-14(15)19/h3-8H,9H2,1-2H3,(H,20,23)(H,21,22). The van der Waals surface area contributed by atoms with Crippen LogP contribution in [0.25, 0.3) is 0 Å². The Kier molecular flexibility index (Phi) is 5.05. The van der Waals surface area contributed by atoms with Gasteiger partial charge in [-0.25, -0.2) is 8.78 Å². The van der Waals surface area contributed by atoms with E-state index in [0.29, 0.717) is 11.6 Å². The van der Waals surface area contributed by atoms with E-state index in [-0.39, 0.29) is 12.2 Å². The van der Waals surface area contributed by atoms with Gasteiger partial charge in [0.1, 0.15) is 11.6 Å². The van der Waals surface area contributed by atoms with Gasteiger partial charge in [0, 0.05) is 11.6 Å². The van der Waals surface area contributed by atoms with Gasteiger partial charge in [-0.3, -0.25) is 9.59 Å². The number of benzene rings is 2. The number of rotatable bonds is 4. The number of anilines is 1. The van der Waals surface area contributed by atoms with Crippen molar-refractivity contribution in [3.8, 4) is 0 Å². The molecular weight excluding hydrogens is 302 g/mol. The number of hydrogen-bond donors (Lipinski definition) is 2. The van der Waals surface area contributed by atoms with Gasteiger partial charge in [-0.2, -0.15) is 0 Å². The lowest BCUT2D eigenvalue weighted by Gasteiger charge is -2.09. The summed E-state index contributed by atoms with van der Waals surface area (Å²) in [5.41, 5.74) is 2.33. The van der Waals surface area contributed by atoms with Crippen molar-refractivity contribution < 1.29 is 18.4 Å². The lowest BCUT2D eigenvalue weighted by molar-refractivity contribution is -0.115. The molecule has 0 aliphatic heterocycles. The largest absolute Gasteiger partial charge is 0.343 e. The van der Waals surface area contributed by atoms with Gasteiger partial charge in [-0.15, -0.1) is 0 Å². The molecule has 0 aromatic heterocycles. The molecule has 2 aromatic rings. The maximum absolute atomic E-state index is 13.4. The third-order valence-electron chi connectivity index (χ3n) is 3.38. The highest BCUT2D eigenvalue weighted by atomic mass is 19.1. The molecule has 0 saturated heterocycles. The fraction of sp³-hybridized carbons (Fsp3) is 0.176. The van der Waals surface area contributed by atoms with Gasteiger partial charge in [0.05, 0.1) is 12.2 Å². The van der Waals surface area contributed by atoms with Crippen LogP contribution in [0.5, 0.6) is 0 Å². The highest BCUT2D eigenvalue weighted by molar-refractivity contribution is 5.99. The highest BCUT2D eigenvalue weighted by Crippen LogP contribution is 2.14. The Labute approximate surface area is 132 Å². The molecule has 23 heavy (non-hydrogen) atoms. The minimum absolute atomic E-state index is 0.142. The maximum atomic E-state index is 13.4. The van der Waals surface area contributed by atoms with E-state index in [2.05, 4.69) is 10.6 Å². The average molecular weight is 318 g/mol. The second-order valence-corrected chi connectivity index (χ2v) is 5.15. The zero-order chi connectivity index (χ0) is 17.0. The summed E-state index contributed by atoms with van der Waals surface area (Å²) in [6, 6.07) is 8.03. The molecule has 0 unspecified atom stereocenters. The van der Waals surface area contributed by atoms with Crippen molar-refractivity contribution in [3.63, 3.8) is 0 Å². The van der Waals surface area contributed by atoms with Crippen molar-refractivity contribution in [2.24, 2.45) is 0 Å². The van der Waals surface area contributed by atoms with Crippen LogP contribution in [0.1, 0.15) is 21.5 Å². The first kappa shape index (κ1) is 16.6. The van der Waals surface area contributed by atoms with Gasteiger partial charge in [0.15, 0.2) is 0 Å². The van der Waals surface area contributed by atoms with E-state index in [1.165, 1.54) is 0 Å². The number of hydrogen-bond acceptors (Lipinski definition) is 2. The number of amides is 2. The summed E-state index contributed by atoms with van der Waals surface area (Å²) in [6.45, 7) is 3.50. The van der Waals surface area contributed by atoms with E-state index in [1.807, 2.05) is 19.9 Å². The quantitative estimate of drug-likeness (QED) is 0.910. The number of nitrogens with one attached hydrogen (secondary N) is 2. The predicted molar refractivity (Wildman–Crippen MR) is 83.2 cm³/mol. The zero-order valence-corrected chi connectivity index (χ0v) is 12.7. The third-order valence-corrected chi connectivity index (χ3v) is 3.38. The second kappa shape index (κ2) is 7.00. The first-order valence-corrected chi connectivity index (χ1v) is 6.97. The summed E-state index contributed by atoms with van der Waals surface area (Å²) in [5.74, 6) is -2.61. The first-order valence-electron chi connectivity index (χ1n) is 6.97. The van der Waals surface area contributed by atoms with E-state index < -0.39 is 23.4 Å². The summed E-state index contributed by atoms with van der Waals surface area (Å²) in [7, 11) is 0. The van der Waals surface area contributed by atoms with Crippen LogP contribution >= 0.6 is 0 Å². The Hall–Kier alpha value is -2.76. The molecule has 4 nitrogen and oxygen atoms in total. The number of carbonyl (C=O) groups is 2. The highest BCUT2D eigenvalue weighted by Gasteiger charge is 2.11. The minimum atomic E-state index is -0.876. The van der Waals surface area contributed by atoms with Crippen molar-refractivity contribution >= 4 is 17.5 Å². The molecule has 0 saturated carbocycles. The fourth-order valence-electron chi connectivity index (χ4n) is 1.93. The summed E-state index contributed by atoms with van der Waals surface area (Å²) >= 11 is 0. The summed E-state index contributed by atoms with van der Waals surface area (Å²) in [4.78, 5) is 23.7. The predicted octanol–water partition coefficient (Wildman–Crippen LogP) is 2.95. The normalized spacial score (nSPS) is 10.3. The lowest BCUT2D eigenvalue weighted by atomic mass is 10.1. The molecule has 0 aliphatic rings. The van der Waals surface area contributed by atoms with Gasteiger partial charge in [-0.1, -0.05) is 6.07 Å². The topological polar surface area (TPSA) is 58.2 Å². The van der Waals surface area contributed by atoms with Crippen LogP contribution in [0.4, 0.5) is 14.5 Å². The van der Waals surface area contributed by atoms with Crippen LogP contribution in [-0.4, -0.2) is 18.4 Å². The summed E-state index contributed by atoms with van der Waals surface area (Å²) < 4.78 is 26.2. The summed E-state index contributed by atoms with van der Waals surface area (Å²) in [6.07, 6.45) is 0. The second-order valence-electron chi connectivity index (χ2n) is 5.15. The molecule has 2 rings (SSSR count). The van der Waals surface area contributed by atoms with Crippen molar-refractivity contribution in [2.45, 2.75) is 13.8 Å². The summed E-state index contributed by atoms with van der Waals surface area (Å²) in [5, 5.41) is 4.72. The van der Waals surface area contributed by atoms with Gasteiger partial charge in [-0.05, 0) is 49.2 Å². The molecular formula is C17H16F2N2O2. The molecule has 2 N–H and O–H groups in total. The molecule has 2 aromatic carbocycles. The van der Waals surface area contributed by atoms with Crippen LogP contribution in [-0.2, 0) is 4.79 Å². The molecule has 0 fully saturated rings. The molecule has 6 heteroatoms. The molecule has 0 atom stereocenters. The van der Waals surface area contributed by atoms with Gasteiger partial charge < -0.3 is 10.6 Å². The van der Waals surface area contributed by atoms with Crippen molar-refractivity contribution in [1.29, 1.82) is 0 Å². The minimum Gasteiger partial charge on any atom is -0.343 e. The molecule has 0 bridgehead atoms. The lowest BCUT2D eigenvalue weighted by Crippen LogP contribution is -2.33. The van der Waals surface area contributed by atoms with E-state index in [0.717, 1.165) is 23.3 Å².